The van der Waals surface area contributed by atoms with Gasteiger partial charge in [0.25, 0.3) is 5.69 Å². The van der Waals surface area contributed by atoms with Crippen molar-refractivity contribution in [3.63, 3.8) is 0 Å². The van der Waals surface area contributed by atoms with Crippen LogP contribution < -0.4 is 0 Å². The summed E-state index contributed by atoms with van der Waals surface area (Å²) >= 11 is 0. The number of rotatable bonds is 2. The van der Waals surface area contributed by atoms with E-state index in [9.17, 15) is 10.1 Å². The molecule has 0 unspecified atom stereocenters. The van der Waals surface area contributed by atoms with E-state index in [1.165, 1.54) is 12.1 Å². The van der Waals surface area contributed by atoms with E-state index in [1.54, 1.807) is 13.8 Å². The van der Waals surface area contributed by atoms with E-state index in [4.69, 9.17) is 0 Å². The highest BCUT2D eigenvalue weighted by Gasteiger charge is 2.10. The first-order chi connectivity index (χ1) is 6.06. The summed E-state index contributed by atoms with van der Waals surface area (Å²) in [5.41, 5.74) is 2.39. The van der Waals surface area contributed by atoms with E-state index in [0.717, 1.165) is 16.8 Å². The van der Waals surface area contributed by atoms with Crippen LogP contribution >= 0.6 is 0 Å². The molecule has 0 bridgehead atoms. The van der Waals surface area contributed by atoms with Crippen LogP contribution in [0.15, 0.2) is 17.1 Å². The zero-order valence-corrected chi connectivity index (χ0v) is 7.57. The summed E-state index contributed by atoms with van der Waals surface area (Å²) in [6.45, 7) is 6.97. The van der Waals surface area contributed by atoms with Crippen molar-refractivity contribution in [1.29, 1.82) is 0 Å². The predicted molar refractivity (Wildman–Crippen MR) is 51.8 cm³/mol. The summed E-state index contributed by atoms with van der Waals surface area (Å²) in [4.78, 5) is 13.9. The minimum Gasteiger partial charge on any atom is -0.264 e. The molecule has 0 fully saturated rings. The Morgan fingerprint density at radius 3 is 2.15 bits per heavy atom. The predicted octanol–water partition coefficient (Wildman–Crippen LogP) is 2.54. The van der Waals surface area contributed by atoms with Crippen LogP contribution in [0.2, 0.25) is 0 Å². The maximum atomic E-state index is 10.5. The van der Waals surface area contributed by atoms with Crippen molar-refractivity contribution in [2.75, 3.05) is 0 Å². The molecule has 4 heteroatoms. The normalized spacial score (nSPS) is 9.69. The Morgan fingerprint density at radius 2 is 1.85 bits per heavy atom. The molecule has 0 aliphatic rings. The molecule has 1 rings (SSSR count). The summed E-state index contributed by atoms with van der Waals surface area (Å²) < 4.78 is 0. The molecule has 68 valence electrons. The molecule has 0 N–H and O–H groups in total. The zero-order valence-electron chi connectivity index (χ0n) is 7.57. The molecule has 0 radical (unpaired) electrons. The van der Waals surface area contributed by atoms with Gasteiger partial charge in [-0.2, -0.15) is 0 Å². The molecule has 1 aromatic rings. The first-order valence-electron chi connectivity index (χ1n) is 3.78. The van der Waals surface area contributed by atoms with Crippen LogP contribution in [-0.4, -0.2) is 11.6 Å². The van der Waals surface area contributed by atoms with Crippen molar-refractivity contribution in [2.45, 2.75) is 13.8 Å². The van der Waals surface area contributed by atoms with Crippen LogP contribution in [0.3, 0.4) is 0 Å². The quantitative estimate of drug-likeness (QED) is 0.397. The highest BCUT2D eigenvalue weighted by atomic mass is 16.6. The number of non-ortho nitro benzene ring substituents is 1. The number of nitrogens with zero attached hydrogens (tertiary/aromatic N) is 2. The van der Waals surface area contributed by atoms with Gasteiger partial charge in [-0.25, -0.2) is 0 Å². The van der Waals surface area contributed by atoms with Crippen LogP contribution in [0.5, 0.6) is 0 Å². The van der Waals surface area contributed by atoms with Gasteiger partial charge in [-0.05, 0) is 31.7 Å². The van der Waals surface area contributed by atoms with Gasteiger partial charge in [0, 0.05) is 12.1 Å². The smallest absolute Gasteiger partial charge is 0.264 e. The Bertz CT molecular complexity index is 349. The minimum absolute atomic E-state index is 0.0994. The topological polar surface area (TPSA) is 55.5 Å². The minimum atomic E-state index is -0.410. The maximum Gasteiger partial charge on any atom is 0.270 e. The van der Waals surface area contributed by atoms with Crippen molar-refractivity contribution in [1.82, 2.24) is 0 Å². The first-order valence-corrected chi connectivity index (χ1v) is 3.78. The Kier molecular flexibility index (Phi) is 2.41. The highest BCUT2D eigenvalue weighted by molar-refractivity contribution is 5.60. The van der Waals surface area contributed by atoms with E-state index in [2.05, 4.69) is 11.7 Å². The molecule has 0 aliphatic heterocycles. The van der Waals surface area contributed by atoms with E-state index in [-0.39, 0.29) is 5.69 Å². The summed E-state index contributed by atoms with van der Waals surface area (Å²) in [6, 6.07) is 2.99. The van der Waals surface area contributed by atoms with Gasteiger partial charge in [0.15, 0.2) is 0 Å². The Morgan fingerprint density at radius 1 is 1.38 bits per heavy atom. The average Bonchev–Trinajstić information content (AvgIpc) is 2.03. The van der Waals surface area contributed by atoms with E-state index >= 15 is 0 Å². The molecule has 0 atom stereocenters. The number of hydrogen-bond donors (Lipinski definition) is 0. The van der Waals surface area contributed by atoms with Crippen LogP contribution in [-0.2, 0) is 0 Å². The fraction of sp³-hybridized carbons (Fsp3) is 0.222. The van der Waals surface area contributed by atoms with E-state index in [0.29, 0.717) is 0 Å². The van der Waals surface area contributed by atoms with Crippen LogP contribution in [0.25, 0.3) is 0 Å². The van der Waals surface area contributed by atoms with Crippen molar-refractivity contribution in [3.8, 4) is 0 Å². The number of benzene rings is 1. The van der Waals surface area contributed by atoms with Gasteiger partial charge in [-0.1, -0.05) is 0 Å². The second-order valence-corrected chi connectivity index (χ2v) is 2.84. The summed E-state index contributed by atoms with van der Waals surface area (Å²) in [5, 5.41) is 10.5. The monoisotopic (exact) mass is 178 g/mol. The highest BCUT2D eigenvalue weighted by Crippen LogP contribution is 2.27. The van der Waals surface area contributed by atoms with Crippen molar-refractivity contribution in [3.05, 3.63) is 33.4 Å². The van der Waals surface area contributed by atoms with Crippen molar-refractivity contribution >= 4 is 18.1 Å². The third-order valence-corrected chi connectivity index (χ3v) is 1.84. The number of nitro groups is 1. The molecule has 0 aliphatic carbocycles. The van der Waals surface area contributed by atoms with Crippen LogP contribution in [0.1, 0.15) is 11.1 Å². The lowest BCUT2D eigenvalue weighted by Gasteiger charge is -2.03. The first kappa shape index (κ1) is 9.38. The van der Waals surface area contributed by atoms with Gasteiger partial charge in [0.05, 0.1) is 10.6 Å². The van der Waals surface area contributed by atoms with Gasteiger partial charge in [0.1, 0.15) is 0 Å². The number of hydrogen-bond acceptors (Lipinski definition) is 3. The van der Waals surface area contributed by atoms with Gasteiger partial charge in [0.2, 0.25) is 0 Å². The molecular formula is C9H10N2O2. The lowest BCUT2D eigenvalue weighted by Crippen LogP contribution is -1.90. The lowest BCUT2D eigenvalue weighted by molar-refractivity contribution is -0.384. The summed E-state index contributed by atoms with van der Waals surface area (Å²) in [6.07, 6.45) is 0. The van der Waals surface area contributed by atoms with Crippen molar-refractivity contribution < 1.29 is 4.92 Å². The Balaban J connectivity index is 3.36. The third-order valence-electron chi connectivity index (χ3n) is 1.84. The molecule has 4 nitrogen and oxygen atoms in total. The fourth-order valence-electron chi connectivity index (χ4n) is 1.29. The number of aliphatic imine (C=N–C) groups is 1. The fourth-order valence-corrected chi connectivity index (χ4v) is 1.29. The standard InChI is InChI=1S/C9H10N2O2/c1-6-4-8(11(12)13)5-7(2)9(6)10-3/h4-5H,3H2,1-2H3. The van der Waals surface area contributed by atoms with Crippen molar-refractivity contribution in [2.24, 2.45) is 4.99 Å². The van der Waals surface area contributed by atoms with Crippen LogP contribution in [0, 0.1) is 24.0 Å². The largest absolute Gasteiger partial charge is 0.270 e. The second kappa shape index (κ2) is 3.35. The zero-order chi connectivity index (χ0) is 10.0. The molecule has 13 heavy (non-hydrogen) atoms. The van der Waals surface area contributed by atoms with E-state index < -0.39 is 4.92 Å². The molecule has 0 amide bonds. The average molecular weight is 178 g/mol. The molecule has 0 aromatic heterocycles. The molecule has 0 saturated heterocycles. The number of nitro benzene ring substituents is 1. The van der Waals surface area contributed by atoms with Gasteiger partial charge < -0.3 is 0 Å². The second-order valence-electron chi connectivity index (χ2n) is 2.84. The van der Waals surface area contributed by atoms with Crippen LogP contribution in [0.4, 0.5) is 11.4 Å². The molecule has 0 spiro atoms. The Hall–Kier alpha value is -1.71. The van der Waals surface area contributed by atoms with Gasteiger partial charge in [-0.15, -0.1) is 0 Å². The summed E-state index contributed by atoms with van der Waals surface area (Å²) in [5.74, 6) is 0. The molecule has 1 aromatic carbocycles. The molecular weight excluding hydrogens is 168 g/mol. The van der Waals surface area contributed by atoms with E-state index in [1.807, 2.05) is 0 Å². The Labute approximate surface area is 76.1 Å². The maximum absolute atomic E-state index is 10.5. The van der Waals surface area contributed by atoms with Gasteiger partial charge >= 0.3 is 0 Å². The number of aryl methyl sites for hydroxylation is 2. The molecule has 0 saturated carbocycles. The van der Waals surface area contributed by atoms with Gasteiger partial charge in [-0.3, -0.25) is 15.1 Å². The summed E-state index contributed by atoms with van der Waals surface area (Å²) in [7, 11) is 0. The lowest BCUT2D eigenvalue weighted by atomic mass is 10.1. The SMILES string of the molecule is C=Nc1c(C)cc([N+](=O)[O-])cc1C. The molecule has 0 heterocycles. The third kappa shape index (κ3) is 1.72.